The molecule has 2 N–H and O–H groups in total. The van der Waals surface area contributed by atoms with E-state index in [0.717, 1.165) is 24.7 Å². The molecule has 120 valence electrons. The highest BCUT2D eigenvalue weighted by Gasteiger charge is 2.38. The number of nitrogens with zero attached hydrogens (tertiary/aromatic N) is 2. The van der Waals surface area contributed by atoms with Gasteiger partial charge in [0.05, 0.1) is 6.04 Å². The standard InChI is InChI=1S/C10H17N3O.C2HF3O2/c1-10(2,3)9-12-8(14-13-9)7-5-4-6-11-7;3-2(4,5)1(6)7/h7,11H,4-6H2,1-3H3;(H,6,7)/t7-;/m0./s1. The molecule has 9 heteroatoms. The van der Waals surface area contributed by atoms with E-state index >= 15 is 0 Å². The number of halogens is 3. The van der Waals surface area contributed by atoms with Crippen LogP contribution >= 0.6 is 0 Å². The molecule has 0 aromatic carbocycles. The molecular weight excluding hydrogens is 291 g/mol. The van der Waals surface area contributed by atoms with E-state index in [4.69, 9.17) is 14.4 Å². The molecule has 0 unspecified atom stereocenters. The lowest BCUT2D eigenvalue weighted by Gasteiger charge is -2.11. The summed E-state index contributed by atoms with van der Waals surface area (Å²) in [6.07, 6.45) is -2.79. The molecule has 0 radical (unpaired) electrons. The zero-order valence-electron chi connectivity index (χ0n) is 12.0. The molecule has 1 atom stereocenters. The van der Waals surface area contributed by atoms with Crippen molar-refractivity contribution in [3.05, 3.63) is 11.7 Å². The van der Waals surface area contributed by atoms with Gasteiger partial charge in [-0.25, -0.2) is 4.79 Å². The highest BCUT2D eigenvalue weighted by Crippen LogP contribution is 2.24. The SMILES string of the molecule is CC(C)(C)c1noc([C@@H]2CCCN2)n1.O=C(O)C(F)(F)F. The van der Waals surface area contributed by atoms with Crippen LogP contribution in [0.1, 0.15) is 51.4 Å². The molecule has 1 saturated heterocycles. The lowest BCUT2D eigenvalue weighted by atomic mass is 9.96. The van der Waals surface area contributed by atoms with E-state index in [9.17, 15) is 13.2 Å². The predicted octanol–water partition coefficient (Wildman–Crippen LogP) is 2.42. The minimum Gasteiger partial charge on any atom is -0.475 e. The van der Waals surface area contributed by atoms with Gasteiger partial charge in [-0.2, -0.15) is 18.2 Å². The van der Waals surface area contributed by atoms with Gasteiger partial charge in [0.2, 0.25) is 5.89 Å². The maximum Gasteiger partial charge on any atom is 0.490 e. The summed E-state index contributed by atoms with van der Waals surface area (Å²) in [5.74, 6) is -1.22. The number of carboxylic acids is 1. The molecule has 0 aliphatic carbocycles. The first-order valence-corrected chi connectivity index (χ1v) is 6.39. The molecule has 1 aromatic rings. The van der Waals surface area contributed by atoms with Crippen LogP contribution in [0.2, 0.25) is 0 Å². The molecule has 1 aliphatic heterocycles. The lowest BCUT2D eigenvalue weighted by Crippen LogP contribution is -2.21. The fraction of sp³-hybridized carbons (Fsp3) is 0.750. The van der Waals surface area contributed by atoms with Gasteiger partial charge in [-0.3, -0.25) is 0 Å². The second kappa shape index (κ2) is 6.42. The van der Waals surface area contributed by atoms with Crippen LogP contribution in [0.25, 0.3) is 0 Å². The van der Waals surface area contributed by atoms with E-state index in [2.05, 4.69) is 36.2 Å². The molecule has 0 amide bonds. The Morgan fingerprint density at radius 3 is 2.29 bits per heavy atom. The van der Waals surface area contributed by atoms with Crippen LogP contribution in [0.5, 0.6) is 0 Å². The van der Waals surface area contributed by atoms with Crippen LogP contribution < -0.4 is 5.32 Å². The Labute approximate surface area is 119 Å². The summed E-state index contributed by atoms with van der Waals surface area (Å²) in [6, 6.07) is 0.276. The maximum atomic E-state index is 10.6. The number of nitrogens with one attached hydrogen (secondary N) is 1. The summed E-state index contributed by atoms with van der Waals surface area (Å²) in [6.45, 7) is 7.31. The predicted molar refractivity (Wildman–Crippen MR) is 66.7 cm³/mol. The van der Waals surface area contributed by atoms with E-state index in [-0.39, 0.29) is 11.5 Å². The number of alkyl halides is 3. The average molecular weight is 309 g/mol. The van der Waals surface area contributed by atoms with E-state index < -0.39 is 12.1 Å². The molecule has 0 saturated carbocycles. The number of aliphatic carboxylic acids is 1. The molecule has 21 heavy (non-hydrogen) atoms. The first-order valence-electron chi connectivity index (χ1n) is 6.39. The van der Waals surface area contributed by atoms with Gasteiger partial charge in [-0.15, -0.1) is 0 Å². The quantitative estimate of drug-likeness (QED) is 0.828. The Kier molecular flexibility index (Phi) is 5.32. The minimum absolute atomic E-state index is 0.0274. The van der Waals surface area contributed by atoms with Crippen molar-refractivity contribution >= 4 is 5.97 Å². The summed E-state index contributed by atoms with van der Waals surface area (Å²) in [5, 5.41) is 14.5. The number of carboxylic acid groups (broad SMARTS) is 1. The van der Waals surface area contributed by atoms with Gasteiger partial charge in [-0.1, -0.05) is 25.9 Å². The lowest BCUT2D eigenvalue weighted by molar-refractivity contribution is -0.192. The zero-order valence-corrected chi connectivity index (χ0v) is 12.0. The zero-order chi connectivity index (χ0) is 16.3. The van der Waals surface area contributed by atoms with Gasteiger partial charge in [-0.05, 0) is 19.4 Å². The van der Waals surface area contributed by atoms with Crippen molar-refractivity contribution in [1.82, 2.24) is 15.5 Å². The van der Waals surface area contributed by atoms with Crippen LogP contribution in [-0.4, -0.2) is 33.9 Å². The van der Waals surface area contributed by atoms with Gasteiger partial charge in [0.1, 0.15) is 0 Å². The van der Waals surface area contributed by atoms with Crippen molar-refractivity contribution in [2.45, 2.75) is 51.2 Å². The smallest absolute Gasteiger partial charge is 0.475 e. The summed E-state index contributed by atoms with van der Waals surface area (Å²) >= 11 is 0. The monoisotopic (exact) mass is 309 g/mol. The summed E-state index contributed by atoms with van der Waals surface area (Å²) < 4.78 is 37.0. The fourth-order valence-electron chi connectivity index (χ4n) is 1.58. The Morgan fingerprint density at radius 1 is 1.38 bits per heavy atom. The second-order valence-electron chi connectivity index (χ2n) is 5.66. The number of rotatable bonds is 1. The third-order valence-electron chi connectivity index (χ3n) is 2.71. The summed E-state index contributed by atoms with van der Waals surface area (Å²) in [5.41, 5.74) is -0.0274. The first kappa shape index (κ1) is 17.4. The molecular formula is C12H18F3N3O3. The topological polar surface area (TPSA) is 88.3 Å². The molecule has 6 nitrogen and oxygen atoms in total. The van der Waals surface area contributed by atoms with Gasteiger partial charge >= 0.3 is 12.1 Å². The van der Waals surface area contributed by atoms with Crippen molar-refractivity contribution in [3.63, 3.8) is 0 Å². The molecule has 2 heterocycles. The van der Waals surface area contributed by atoms with Crippen LogP contribution in [0.15, 0.2) is 4.52 Å². The number of carbonyl (C=O) groups is 1. The van der Waals surface area contributed by atoms with Gasteiger partial charge in [0.25, 0.3) is 0 Å². The highest BCUT2D eigenvalue weighted by molar-refractivity contribution is 5.73. The van der Waals surface area contributed by atoms with Crippen LogP contribution in [0.4, 0.5) is 13.2 Å². The van der Waals surface area contributed by atoms with E-state index in [1.54, 1.807) is 0 Å². The normalized spacial score (nSPS) is 19.0. The van der Waals surface area contributed by atoms with Crippen molar-refractivity contribution < 1.29 is 27.6 Å². The van der Waals surface area contributed by atoms with Crippen LogP contribution in [0, 0.1) is 0 Å². The number of hydrogen-bond donors (Lipinski definition) is 2. The van der Waals surface area contributed by atoms with Gasteiger partial charge < -0.3 is 14.9 Å². The van der Waals surface area contributed by atoms with Crippen molar-refractivity contribution in [2.75, 3.05) is 6.54 Å². The Balaban J connectivity index is 0.000000270. The Morgan fingerprint density at radius 2 is 1.95 bits per heavy atom. The maximum absolute atomic E-state index is 10.6. The van der Waals surface area contributed by atoms with Crippen molar-refractivity contribution in [3.8, 4) is 0 Å². The Bertz CT molecular complexity index is 474. The fourth-order valence-corrected chi connectivity index (χ4v) is 1.58. The largest absolute Gasteiger partial charge is 0.490 e. The highest BCUT2D eigenvalue weighted by atomic mass is 19.4. The second-order valence-corrected chi connectivity index (χ2v) is 5.66. The molecule has 1 fully saturated rings. The van der Waals surface area contributed by atoms with E-state index in [1.807, 2.05) is 0 Å². The Hall–Kier alpha value is -1.64. The third-order valence-corrected chi connectivity index (χ3v) is 2.71. The molecule has 2 rings (SSSR count). The molecule has 0 spiro atoms. The third kappa shape index (κ3) is 5.33. The molecule has 1 aliphatic rings. The van der Waals surface area contributed by atoms with E-state index in [1.165, 1.54) is 6.42 Å². The molecule has 0 bridgehead atoms. The van der Waals surface area contributed by atoms with Crippen molar-refractivity contribution in [2.24, 2.45) is 0 Å². The summed E-state index contributed by atoms with van der Waals surface area (Å²) in [4.78, 5) is 13.3. The average Bonchev–Trinajstić information content (AvgIpc) is 2.98. The minimum atomic E-state index is -5.08. The van der Waals surface area contributed by atoms with Crippen LogP contribution in [0.3, 0.4) is 0 Å². The van der Waals surface area contributed by atoms with Crippen molar-refractivity contribution in [1.29, 1.82) is 0 Å². The van der Waals surface area contributed by atoms with Gasteiger partial charge in [0, 0.05) is 5.41 Å². The van der Waals surface area contributed by atoms with Gasteiger partial charge in [0.15, 0.2) is 5.82 Å². The molecule has 1 aromatic heterocycles. The van der Waals surface area contributed by atoms with Crippen LogP contribution in [-0.2, 0) is 10.2 Å². The number of aromatic nitrogens is 2. The summed E-state index contributed by atoms with van der Waals surface area (Å²) in [7, 11) is 0. The number of hydrogen-bond acceptors (Lipinski definition) is 5. The first-order chi connectivity index (χ1) is 9.51. The van der Waals surface area contributed by atoms with E-state index in [0.29, 0.717) is 0 Å².